The topological polar surface area (TPSA) is 29.1 Å². The summed E-state index contributed by atoms with van der Waals surface area (Å²) in [6.45, 7) is 0. The largest absolute Gasteiger partial charge is 0.325 e. The monoisotopic (exact) mass is 315 g/mol. The van der Waals surface area contributed by atoms with Gasteiger partial charge >= 0.3 is 0 Å². The molecule has 0 atom stereocenters. The number of rotatable bonds is 4. The summed E-state index contributed by atoms with van der Waals surface area (Å²) in [5.41, 5.74) is 0.930. The third-order valence-electron chi connectivity index (χ3n) is 2.62. The van der Waals surface area contributed by atoms with E-state index in [9.17, 15) is 4.79 Å². The number of hydrogen-bond acceptors (Lipinski definition) is 1. The minimum Gasteiger partial charge on any atom is -0.325 e. The highest BCUT2D eigenvalue weighted by Gasteiger charge is 2.21. The summed E-state index contributed by atoms with van der Waals surface area (Å²) in [4.78, 5) is 11.6. The van der Waals surface area contributed by atoms with Crippen molar-refractivity contribution in [3.05, 3.63) is 27.8 Å². The van der Waals surface area contributed by atoms with Crippen molar-refractivity contribution >= 4 is 34.2 Å². The fourth-order valence-corrected chi connectivity index (χ4v) is 2.04. The Bertz CT molecular complexity index is 360. The number of nitrogens with one attached hydrogen (secondary N) is 1. The van der Waals surface area contributed by atoms with Gasteiger partial charge in [0.05, 0.1) is 5.69 Å². The third-order valence-corrected chi connectivity index (χ3v) is 3.57. The Morgan fingerprint density at radius 3 is 2.80 bits per heavy atom. The van der Waals surface area contributed by atoms with Crippen LogP contribution in [-0.4, -0.2) is 5.91 Å². The van der Waals surface area contributed by atoms with Crippen molar-refractivity contribution in [1.29, 1.82) is 0 Å². The SMILES string of the molecule is O=C(CCC1CC1)Nc1ccccc1I. The zero-order chi connectivity index (χ0) is 10.7. The van der Waals surface area contributed by atoms with Crippen LogP contribution in [0.25, 0.3) is 0 Å². The maximum absolute atomic E-state index is 11.6. The molecule has 1 saturated carbocycles. The van der Waals surface area contributed by atoms with Gasteiger partial charge in [0.1, 0.15) is 0 Å². The molecule has 1 aliphatic carbocycles. The molecule has 0 aromatic heterocycles. The molecule has 2 nitrogen and oxygen atoms in total. The lowest BCUT2D eigenvalue weighted by atomic mass is 10.2. The molecule has 1 aliphatic rings. The smallest absolute Gasteiger partial charge is 0.224 e. The lowest BCUT2D eigenvalue weighted by Gasteiger charge is -2.06. The van der Waals surface area contributed by atoms with E-state index < -0.39 is 0 Å². The summed E-state index contributed by atoms with van der Waals surface area (Å²) in [5, 5.41) is 2.95. The quantitative estimate of drug-likeness (QED) is 0.848. The van der Waals surface area contributed by atoms with E-state index in [4.69, 9.17) is 0 Å². The molecule has 0 saturated heterocycles. The second-order valence-electron chi connectivity index (χ2n) is 4.01. The Morgan fingerprint density at radius 2 is 2.13 bits per heavy atom. The Labute approximate surface area is 104 Å². The van der Waals surface area contributed by atoms with Crippen LogP contribution in [0.3, 0.4) is 0 Å². The van der Waals surface area contributed by atoms with Crippen LogP contribution in [0, 0.1) is 9.49 Å². The normalized spacial score (nSPS) is 15.0. The molecule has 0 radical (unpaired) electrons. The number of hydrogen-bond donors (Lipinski definition) is 1. The Balaban J connectivity index is 1.84. The van der Waals surface area contributed by atoms with Crippen molar-refractivity contribution in [2.75, 3.05) is 5.32 Å². The minimum atomic E-state index is 0.144. The summed E-state index contributed by atoms with van der Waals surface area (Å²) >= 11 is 2.23. The van der Waals surface area contributed by atoms with E-state index in [-0.39, 0.29) is 5.91 Å². The molecule has 0 bridgehead atoms. The number of anilines is 1. The number of carbonyl (C=O) groups excluding carboxylic acids is 1. The van der Waals surface area contributed by atoms with Gasteiger partial charge in [-0.05, 0) is 47.1 Å². The molecule has 0 aliphatic heterocycles. The van der Waals surface area contributed by atoms with Crippen molar-refractivity contribution in [3.8, 4) is 0 Å². The number of benzene rings is 1. The highest BCUT2D eigenvalue weighted by molar-refractivity contribution is 14.1. The number of amides is 1. The lowest BCUT2D eigenvalue weighted by Crippen LogP contribution is -2.12. The molecule has 1 aromatic rings. The summed E-state index contributed by atoms with van der Waals surface area (Å²) in [5.74, 6) is 0.969. The minimum absolute atomic E-state index is 0.144. The van der Waals surface area contributed by atoms with Crippen molar-refractivity contribution < 1.29 is 4.79 Å². The van der Waals surface area contributed by atoms with Gasteiger partial charge in [0.15, 0.2) is 0 Å². The van der Waals surface area contributed by atoms with Crippen LogP contribution in [0.2, 0.25) is 0 Å². The molecule has 1 aromatic carbocycles. The molecule has 0 spiro atoms. The van der Waals surface area contributed by atoms with Gasteiger partial charge in [-0.15, -0.1) is 0 Å². The van der Waals surface area contributed by atoms with Gasteiger partial charge in [0.2, 0.25) is 5.91 Å². The summed E-state index contributed by atoms with van der Waals surface area (Å²) in [7, 11) is 0. The first-order valence-electron chi connectivity index (χ1n) is 5.30. The summed E-state index contributed by atoms with van der Waals surface area (Å²) in [6.07, 6.45) is 4.34. The number of carbonyl (C=O) groups is 1. The Morgan fingerprint density at radius 1 is 1.40 bits per heavy atom. The second kappa shape index (κ2) is 4.96. The lowest BCUT2D eigenvalue weighted by molar-refractivity contribution is -0.116. The first-order valence-corrected chi connectivity index (χ1v) is 6.38. The average molecular weight is 315 g/mol. The van der Waals surface area contributed by atoms with Crippen LogP contribution < -0.4 is 5.32 Å². The first-order chi connectivity index (χ1) is 7.25. The summed E-state index contributed by atoms with van der Waals surface area (Å²) < 4.78 is 1.09. The van der Waals surface area contributed by atoms with Crippen molar-refractivity contribution in [2.24, 2.45) is 5.92 Å². The molecular formula is C12H14INO. The predicted octanol–water partition coefficient (Wildman–Crippen LogP) is 3.42. The maximum Gasteiger partial charge on any atom is 0.224 e. The Hall–Kier alpha value is -0.580. The van der Waals surface area contributed by atoms with Crippen LogP contribution in [-0.2, 0) is 4.79 Å². The van der Waals surface area contributed by atoms with E-state index in [1.807, 2.05) is 24.3 Å². The summed E-state index contributed by atoms with van der Waals surface area (Å²) in [6, 6.07) is 7.86. The van der Waals surface area contributed by atoms with Gasteiger partial charge in [-0.25, -0.2) is 0 Å². The zero-order valence-electron chi connectivity index (χ0n) is 8.50. The molecule has 15 heavy (non-hydrogen) atoms. The van der Waals surface area contributed by atoms with E-state index in [1.165, 1.54) is 12.8 Å². The number of para-hydroxylation sites is 1. The first kappa shape index (κ1) is 10.9. The highest BCUT2D eigenvalue weighted by Crippen LogP contribution is 2.33. The van der Waals surface area contributed by atoms with Crippen molar-refractivity contribution in [3.63, 3.8) is 0 Å². The predicted molar refractivity (Wildman–Crippen MR) is 69.7 cm³/mol. The molecule has 80 valence electrons. The van der Waals surface area contributed by atoms with Crippen LogP contribution in [0.1, 0.15) is 25.7 Å². The van der Waals surface area contributed by atoms with Gasteiger partial charge in [-0.2, -0.15) is 0 Å². The zero-order valence-corrected chi connectivity index (χ0v) is 10.7. The molecule has 1 fully saturated rings. The highest BCUT2D eigenvalue weighted by atomic mass is 127. The molecule has 1 N–H and O–H groups in total. The molecular weight excluding hydrogens is 301 g/mol. The maximum atomic E-state index is 11.6. The molecule has 2 rings (SSSR count). The molecule has 0 heterocycles. The van der Waals surface area contributed by atoms with Crippen LogP contribution >= 0.6 is 22.6 Å². The van der Waals surface area contributed by atoms with E-state index >= 15 is 0 Å². The third kappa shape index (κ3) is 3.48. The molecule has 3 heteroatoms. The standard InChI is InChI=1S/C12H14INO/c13-10-3-1-2-4-11(10)14-12(15)8-7-9-5-6-9/h1-4,9H,5-8H2,(H,14,15). The Kier molecular flexibility index (Phi) is 3.61. The van der Waals surface area contributed by atoms with Gasteiger partial charge in [0.25, 0.3) is 0 Å². The second-order valence-corrected chi connectivity index (χ2v) is 5.17. The van der Waals surface area contributed by atoms with Gasteiger partial charge < -0.3 is 5.32 Å². The average Bonchev–Trinajstić information content (AvgIpc) is 3.02. The fourth-order valence-electron chi connectivity index (χ4n) is 1.52. The molecule has 1 amide bonds. The van der Waals surface area contributed by atoms with Crippen LogP contribution in [0.4, 0.5) is 5.69 Å². The van der Waals surface area contributed by atoms with Crippen molar-refractivity contribution in [2.45, 2.75) is 25.7 Å². The van der Waals surface area contributed by atoms with Gasteiger partial charge in [0, 0.05) is 9.99 Å². The van der Waals surface area contributed by atoms with E-state index in [0.29, 0.717) is 6.42 Å². The van der Waals surface area contributed by atoms with Crippen LogP contribution in [0.5, 0.6) is 0 Å². The fraction of sp³-hybridized carbons (Fsp3) is 0.417. The van der Waals surface area contributed by atoms with E-state index in [0.717, 1.165) is 21.6 Å². The van der Waals surface area contributed by atoms with Crippen molar-refractivity contribution in [1.82, 2.24) is 0 Å². The molecule has 0 unspecified atom stereocenters. The van der Waals surface area contributed by atoms with Gasteiger partial charge in [-0.3, -0.25) is 4.79 Å². The van der Waals surface area contributed by atoms with E-state index in [2.05, 4.69) is 27.9 Å². The number of halogens is 1. The van der Waals surface area contributed by atoms with Crippen LogP contribution in [0.15, 0.2) is 24.3 Å². The van der Waals surface area contributed by atoms with Gasteiger partial charge in [-0.1, -0.05) is 25.0 Å². The van der Waals surface area contributed by atoms with E-state index in [1.54, 1.807) is 0 Å².